The fourth-order valence-electron chi connectivity index (χ4n) is 5.05. The van der Waals surface area contributed by atoms with Crippen LogP contribution in [0.5, 0.6) is 11.5 Å². The quantitative estimate of drug-likeness (QED) is 0.651. The van der Waals surface area contributed by atoms with E-state index in [0.717, 1.165) is 55.6 Å². The summed E-state index contributed by atoms with van der Waals surface area (Å²) in [5.74, 6) is 1.67. The molecule has 1 amide bonds. The number of hydrogen-bond donors (Lipinski definition) is 2. The maximum absolute atomic E-state index is 12.6. The minimum absolute atomic E-state index is 0.0477. The SMILES string of the molecule is CCCCNC(=O)CN1CC[C@]2(O)CCCC[C@H]2[C@@H]1c1cc(OC)ccc1OC. The molecule has 2 N–H and O–H groups in total. The number of carbonyl (C=O) groups is 1. The molecule has 1 aromatic carbocycles. The van der Waals surface area contributed by atoms with Gasteiger partial charge in [-0.05, 0) is 43.9 Å². The Morgan fingerprint density at radius 3 is 2.83 bits per heavy atom. The molecule has 1 heterocycles. The largest absolute Gasteiger partial charge is 0.497 e. The highest BCUT2D eigenvalue weighted by molar-refractivity contribution is 5.78. The van der Waals surface area contributed by atoms with Gasteiger partial charge in [0.05, 0.1) is 26.4 Å². The van der Waals surface area contributed by atoms with Crippen LogP contribution in [0.1, 0.15) is 63.5 Å². The number of fused-ring (bicyclic) bond motifs is 1. The lowest BCUT2D eigenvalue weighted by Crippen LogP contribution is -2.56. The van der Waals surface area contributed by atoms with Crippen molar-refractivity contribution in [1.82, 2.24) is 10.2 Å². The monoisotopic (exact) mass is 404 g/mol. The van der Waals surface area contributed by atoms with Crippen molar-refractivity contribution in [2.45, 2.75) is 63.5 Å². The second kappa shape index (κ2) is 9.81. The number of hydrogen-bond acceptors (Lipinski definition) is 5. The number of nitrogens with zero attached hydrogens (tertiary/aromatic N) is 1. The summed E-state index contributed by atoms with van der Waals surface area (Å²) in [4.78, 5) is 14.8. The number of ether oxygens (including phenoxy) is 2. The van der Waals surface area contributed by atoms with Crippen LogP contribution in [0.2, 0.25) is 0 Å². The molecule has 0 spiro atoms. The number of unbranched alkanes of at least 4 members (excludes halogenated alkanes) is 1. The second-order valence-electron chi connectivity index (χ2n) is 8.43. The molecule has 162 valence electrons. The van der Waals surface area contributed by atoms with Gasteiger partial charge < -0.3 is 19.9 Å². The molecule has 1 saturated carbocycles. The topological polar surface area (TPSA) is 71.0 Å². The Kier molecular flexibility index (Phi) is 7.41. The third-order valence-corrected chi connectivity index (χ3v) is 6.63. The lowest BCUT2D eigenvalue weighted by Gasteiger charge is -2.52. The molecule has 0 bridgehead atoms. The number of piperidine rings is 1. The zero-order valence-electron chi connectivity index (χ0n) is 18.1. The summed E-state index contributed by atoms with van der Waals surface area (Å²) in [6.07, 6.45) is 6.71. The predicted octanol–water partition coefficient (Wildman–Crippen LogP) is 3.29. The molecule has 1 aliphatic heterocycles. The van der Waals surface area contributed by atoms with E-state index in [4.69, 9.17) is 9.47 Å². The molecule has 1 saturated heterocycles. The summed E-state index contributed by atoms with van der Waals surface area (Å²) in [6, 6.07) is 5.74. The van der Waals surface area contributed by atoms with Crippen molar-refractivity contribution in [3.8, 4) is 11.5 Å². The Morgan fingerprint density at radius 1 is 1.28 bits per heavy atom. The number of carbonyl (C=O) groups excluding carboxylic acids is 1. The fourth-order valence-corrected chi connectivity index (χ4v) is 5.05. The van der Waals surface area contributed by atoms with Gasteiger partial charge in [0.25, 0.3) is 0 Å². The minimum Gasteiger partial charge on any atom is -0.497 e. The summed E-state index contributed by atoms with van der Waals surface area (Å²) in [6.45, 7) is 3.86. The van der Waals surface area contributed by atoms with E-state index in [1.54, 1.807) is 14.2 Å². The predicted molar refractivity (Wildman–Crippen MR) is 113 cm³/mol. The number of rotatable bonds is 8. The molecule has 3 atom stereocenters. The van der Waals surface area contributed by atoms with Gasteiger partial charge in [-0.2, -0.15) is 0 Å². The van der Waals surface area contributed by atoms with Crippen LogP contribution in [-0.4, -0.2) is 55.4 Å². The standard InChI is InChI=1S/C23H36N2O4/c1-4-5-13-24-21(26)16-25-14-12-23(27)11-7-6-8-19(23)22(25)18-15-17(28-2)9-10-20(18)29-3/h9-10,15,19,22,27H,4-8,11-14,16H2,1-3H3,(H,24,26)/t19-,22-,23+/m0/s1. The first kappa shape index (κ1) is 21.9. The Balaban J connectivity index is 1.92. The number of methoxy groups -OCH3 is 2. The molecule has 0 unspecified atom stereocenters. The van der Waals surface area contributed by atoms with Crippen LogP contribution in [0, 0.1) is 5.92 Å². The van der Waals surface area contributed by atoms with Gasteiger partial charge in [0.15, 0.2) is 0 Å². The van der Waals surface area contributed by atoms with Crippen LogP contribution in [0.15, 0.2) is 18.2 Å². The molecule has 6 nitrogen and oxygen atoms in total. The van der Waals surface area contributed by atoms with Crippen molar-refractivity contribution in [3.05, 3.63) is 23.8 Å². The molecule has 2 aliphatic rings. The highest BCUT2D eigenvalue weighted by atomic mass is 16.5. The summed E-state index contributed by atoms with van der Waals surface area (Å²) in [5.41, 5.74) is 0.324. The summed E-state index contributed by atoms with van der Waals surface area (Å²) < 4.78 is 11.2. The van der Waals surface area contributed by atoms with Gasteiger partial charge in [-0.1, -0.05) is 26.2 Å². The zero-order chi connectivity index (χ0) is 20.9. The van der Waals surface area contributed by atoms with E-state index in [0.29, 0.717) is 26.1 Å². The van der Waals surface area contributed by atoms with Gasteiger partial charge in [-0.3, -0.25) is 9.69 Å². The number of likely N-dealkylation sites (tertiary alicyclic amines) is 1. The molecule has 0 aromatic heterocycles. The molecule has 1 aromatic rings. The third kappa shape index (κ3) is 4.86. The van der Waals surface area contributed by atoms with Crippen molar-refractivity contribution in [1.29, 1.82) is 0 Å². The minimum atomic E-state index is -0.674. The first-order chi connectivity index (χ1) is 14.0. The Hall–Kier alpha value is -1.79. The first-order valence-electron chi connectivity index (χ1n) is 11.0. The maximum atomic E-state index is 12.6. The Labute approximate surface area is 174 Å². The first-order valence-corrected chi connectivity index (χ1v) is 11.0. The molecule has 2 fully saturated rings. The van der Waals surface area contributed by atoms with E-state index >= 15 is 0 Å². The highest BCUT2D eigenvalue weighted by Crippen LogP contribution is 2.51. The van der Waals surface area contributed by atoms with Crippen LogP contribution >= 0.6 is 0 Å². The van der Waals surface area contributed by atoms with Crippen molar-refractivity contribution >= 4 is 5.91 Å². The van der Waals surface area contributed by atoms with Gasteiger partial charge in [-0.25, -0.2) is 0 Å². The third-order valence-electron chi connectivity index (χ3n) is 6.63. The van der Waals surface area contributed by atoms with Crippen molar-refractivity contribution in [2.75, 3.05) is 33.9 Å². The number of benzene rings is 1. The van der Waals surface area contributed by atoms with Crippen LogP contribution in [0.4, 0.5) is 0 Å². The second-order valence-corrected chi connectivity index (χ2v) is 8.43. The fraction of sp³-hybridized carbons (Fsp3) is 0.696. The van der Waals surface area contributed by atoms with Gasteiger partial charge in [0.2, 0.25) is 5.91 Å². The average Bonchev–Trinajstić information content (AvgIpc) is 2.73. The van der Waals surface area contributed by atoms with Crippen LogP contribution in [0.25, 0.3) is 0 Å². The normalized spacial score (nSPS) is 27.2. The van der Waals surface area contributed by atoms with Gasteiger partial charge >= 0.3 is 0 Å². The van der Waals surface area contributed by atoms with E-state index in [2.05, 4.69) is 17.1 Å². The van der Waals surface area contributed by atoms with Crippen LogP contribution in [-0.2, 0) is 4.79 Å². The molecular weight excluding hydrogens is 368 g/mol. The Bertz CT molecular complexity index is 695. The molecule has 3 rings (SSSR count). The zero-order valence-corrected chi connectivity index (χ0v) is 18.1. The van der Waals surface area contributed by atoms with Gasteiger partial charge in [-0.15, -0.1) is 0 Å². The van der Waals surface area contributed by atoms with Crippen molar-refractivity contribution < 1.29 is 19.4 Å². The average molecular weight is 405 g/mol. The molecule has 1 aliphatic carbocycles. The van der Waals surface area contributed by atoms with Crippen molar-refractivity contribution in [2.24, 2.45) is 5.92 Å². The van der Waals surface area contributed by atoms with Crippen LogP contribution in [0.3, 0.4) is 0 Å². The summed E-state index contributed by atoms with van der Waals surface area (Å²) in [5, 5.41) is 14.5. The lowest BCUT2D eigenvalue weighted by molar-refractivity contribution is -0.138. The summed E-state index contributed by atoms with van der Waals surface area (Å²) >= 11 is 0. The lowest BCUT2D eigenvalue weighted by atomic mass is 9.66. The van der Waals surface area contributed by atoms with Gasteiger partial charge in [0, 0.05) is 30.6 Å². The van der Waals surface area contributed by atoms with Crippen molar-refractivity contribution in [3.63, 3.8) is 0 Å². The van der Waals surface area contributed by atoms with E-state index < -0.39 is 5.60 Å². The van der Waals surface area contributed by atoms with Crippen LogP contribution < -0.4 is 14.8 Å². The van der Waals surface area contributed by atoms with E-state index in [9.17, 15) is 9.90 Å². The Morgan fingerprint density at radius 2 is 2.10 bits per heavy atom. The maximum Gasteiger partial charge on any atom is 0.234 e. The summed E-state index contributed by atoms with van der Waals surface area (Å²) in [7, 11) is 3.32. The molecular formula is C23H36N2O4. The van der Waals surface area contributed by atoms with E-state index in [1.165, 1.54) is 0 Å². The number of nitrogens with one attached hydrogen (secondary N) is 1. The van der Waals surface area contributed by atoms with Gasteiger partial charge in [0.1, 0.15) is 11.5 Å². The molecule has 6 heteroatoms. The van der Waals surface area contributed by atoms with E-state index in [-0.39, 0.29) is 17.9 Å². The van der Waals surface area contributed by atoms with E-state index in [1.807, 2.05) is 18.2 Å². The smallest absolute Gasteiger partial charge is 0.234 e. The number of amides is 1. The molecule has 29 heavy (non-hydrogen) atoms. The molecule has 0 radical (unpaired) electrons. The highest BCUT2D eigenvalue weighted by Gasteiger charge is 2.49. The number of aliphatic hydroxyl groups is 1.